The number of alkyl halides is 3. The van der Waals surface area contributed by atoms with Crippen molar-refractivity contribution in [2.24, 2.45) is 22.7 Å². The molecule has 1 aliphatic heterocycles. The van der Waals surface area contributed by atoms with Crippen molar-refractivity contribution < 1.29 is 51.2 Å². The lowest BCUT2D eigenvalue weighted by Crippen LogP contribution is -2.58. The monoisotopic (exact) mass is 634 g/mol. The molecule has 8 nitrogen and oxygen atoms in total. The molecule has 1 saturated carbocycles. The maximum atomic E-state index is 14.7. The van der Waals surface area contributed by atoms with E-state index in [0.29, 0.717) is 24.8 Å². The molecule has 0 bridgehead atoms. The van der Waals surface area contributed by atoms with Gasteiger partial charge >= 0.3 is 24.1 Å². The summed E-state index contributed by atoms with van der Waals surface area (Å²) in [5.41, 5.74) is -4.02. The summed E-state index contributed by atoms with van der Waals surface area (Å²) in [4.78, 5) is 38.2. The molecule has 4 rings (SSSR count). The van der Waals surface area contributed by atoms with Gasteiger partial charge in [-0.1, -0.05) is 68.5 Å². The van der Waals surface area contributed by atoms with Crippen molar-refractivity contribution in [2.45, 2.75) is 90.8 Å². The molecule has 0 amide bonds. The van der Waals surface area contributed by atoms with Crippen LogP contribution in [0.4, 0.5) is 13.2 Å². The zero-order chi connectivity index (χ0) is 33.4. The molecule has 1 aromatic rings. The van der Waals surface area contributed by atoms with Crippen molar-refractivity contribution in [2.75, 3.05) is 7.11 Å². The average Bonchev–Trinajstić information content (AvgIpc) is 3.24. The molecule has 246 valence electrons. The van der Waals surface area contributed by atoms with Crippen LogP contribution in [0.3, 0.4) is 0 Å². The third kappa shape index (κ3) is 5.96. The van der Waals surface area contributed by atoms with Crippen molar-refractivity contribution in [1.29, 1.82) is 0 Å². The van der Waals surface area contributed by atoms with E-state index >= 15 is 0 Å². The topological polar surface area (TPSA) is 97.4 Å². The van der Waals surface area contributed by atoms with E-state index in [1.807, 2.05) is 13.0 Å². The molecule has 2 fully saturated rings. The molecule has 1 heterocycles. The minimum Gasteiger partial charge on any atom is -0.455 e. The summed E-state index contributed by atoms with van der Waals surface area (Å²) in [6.07, 6.45) is -1.71. The normalized spacial score (nSPS) is 32.7. The Bertz CT molecular complexity index is 1370. The van der Waals surface area contributed by atoms with Gasteiger partial charge in [0.25, 0.3) is 5.60 Å². The quantitative estimate of drug-likeness (QED) is 0.128. The van der Waals surface area contributed by atoms with Crippen LogP contribution in [0.1, 0.15) is 65.9 Å². The third-order valence-electron chi connectivity index (χ3n) is 9.99. The SMILES string of the molecule is C=C/C(C)=C\C[C@]1(C)[C@H](C)CC[C@@]23C(=C[C@@H](OC(=O)C(OC)(c4ccccc4)C(F)(F)F)C[C@@H]12)[C@@H](OC(C)=O)O[C@H]3OC(C)=O. The van der Waals surface area contributed by atoms with Crippen molar-refractivity contribution in [3.63, 3.8) is 0 Å². The first-order valence-electron chi connectivity index (χ1n) is 15.0. The van der Waals surface area contributed by atoms with Crippen LogP contribution in [0, 0.1) is 22.7 Å². The number of benzene rings is 1. The predicted octanol–water partition coefficient (Wildman–Crippen LogP) is 6.70. The molecule has 45 heavy (non-hydrogen) atoms. The fourth-order valence-electron chi connectivity index (χ4n) is 7.42. The number of esters is 3. The number of ether oxygens (including phenoxy) is 5. The highest BCUT2D eigenvalue weighted by molar-refractivity contribution is 5.83. The van der Waals surface area contributed by atoms with Crippen molar-refractivity contribution in [3.8, 4) is 0 Å². The van der Waals surface area contributed by atoms with Gasteiger partial charge in [-0.25, -0.2) is 4.79 Å². The minimum atomic E-state index is -5.16. The van der Waals surface area contributed by atoms with Gasteiger partial charge in [-0.2, -0.15) is 13.2 Å². The Hall–Kier alpha value is -3.44. The van der Waals surface area contributed by atoms with Gasteiger partial charge in [0.1, 0.15) is 6.10 Å². The zero-order valence-electron chi connectivity index (χ0n) is 26.4. The molecule has 8 atom stereocenters. The molecule has 1 unspecified atom stereocenters. The lowest BCUT2D eigenvalue weighted by molar-refractivity contribution is -0.278. The molecule has 11 heteroatoms. The second-order valence-corrected chi connectivity index (χ2v) is 12.5. The van der Waals surface area contributed by atoms with Gasteiger partial charge in [-0.05, 0) is 55.9 Å². The number of halogens is 3. The number of allylic oxidation sites excluding steroid dienone is 3. The van der Waals surface area contributed by atoms with Crippen molar-refractivity contribution >= 4 is 17.9 Å². The van der Waals surface area contributed by atoms with Crippen LogP contribution in [-0.4, -0.2) is 49.9 Å². The van der Waals surface area contributed by atoms with E-state index < -0.39 is 70.7 Å². The van der Waals surface area contributed by atoms with E-state index in [0.717, 1.165) is 24.8 Å². The van der Waals surface area contributed by atoms with Crippen LogP contribution in [-0.2, 0) is 43.7 Å². The number of methoxy groups -OCH3 is 1. The standard InChI is InChI=1S/C34H41F3O8/c1-8-20(2)14-16-31(6)21(3)15-17-32-26(28(42-22(4)38)45-30(32)43-23(5)39)18-25(19-27(31)32)44-29(40)33(41-7,34(35,36)37)24-12-10-9-11-13-24/h8-14,18,21,25,27-28,30H,1,15-17,19H2,2-7H3/b20-14-/t21-,25-,27+,28+,30-,31-,32-,33?/m1/s1. The highest BCUT2D eigenvalue weighted by atomic mass is 19.4. The van der Waals surface area contributed by atoms with E-state index in [1.54, 1.807) is 6.08 Å². The summed E-state index contributed by atoms with van der Waals surface area (Å²) in [5, 5.41) is 0. The minimum absolute atomic E-state index is 0.0947. The smallest absolute Gasteiger partial charge is 0.432 e. The summed E-state index contributed by atoms with van der Waals surface area (Å²) in [6, 6.07) is 6.59. The molecular formula is C34H41F3O8. The third-order valence-corrected chi connectivity index (χ3v) is 9.99. The molecule has 1 saturated heterocycles. The Balaban J connectivity index is 1.88. The summed E-state index contributed by atoms with van der Waals surface area (Å²) in [6.45, 7) is 12.4. The lowest BCUT2D eigenvalue weighted by Gasteiger charge is -2.58. The Morgan fingerprint density at radius 2 is 1.71 bits per heavy atom. The van der Waals surface area contributed by atoms with Gasteiger partial charge < -0.3 is 18.9 Å². The van der Waals surface area contributed by atoms with E-state index in [4.69, 9.17) is 23.7 Å². The molecule has 0 aromatic heterocycles. The number of hydrogen-bond donors (Lipinski definition) is 0. The van der Waals surface area contributed by atoms with Crippen LogP contribution < -0.4 is 0 Å². The average molecular weight is 635 g/mol. The zero-order valence-corrected chi connectivity index (χ0v) is 26.4. The number of hydrogen-bond acceptors (Lipinski definition) is 8. The first-order chi connectivity index (χ1) is 21.1. The Morgan fingerprint density at radius 1 is 1.07 bits per heavy atom. The lowest BCUT2D eigenvalue weighted by atomic mass is 9.46. The van der Waals surface area contributed by atoms with Crippen molar-refractivity contribution in [1.82, 2.24) is 0 Å². The highest BCUT2D eigenvalue weighted by Gasteiger charge is 2.69. The first kappa shape index (κ1) is 34.4. The van der Waals surface area contributed by atoms with E-state index in [2.05, 4.69) is 20.4 Å². The second-order valence-electron chi connectivity index (χ2n) is 12.5. The Morgan fingerprint density at radius 3 is 2.27 bits per heavy atom. The van der Waals surface area contributed by atoms with Gasteiger partial charge in [-0.3, -0.25) is 14.3 Å². The molecule has 2 aliphatic carbocycles. The fraction of sp³-hybridized carbons (Fsp3) is 0.559. The second kappa shape index (κ2) is 12.7. The Labute approximate surface area is 261 Å². The van der Waals surface area contributed by atoms with Crippen LogP contribution in [0.5, 0.6) is 0 Å². The molecule has 0 N–H and O–H groups in total. The van der Waals surface area contributed by atoms with Gasteiger partial charge in [0.05, 0.1) is 5.41 Å². The van der Waals surface area contributed by atoms with Gasteiger partial charge in [0, 0.05) is 32.1 Å². The summed E-state index contributed by atoms with van der Waals surface area (Å²) in [7, 11) is 0.811. The van der Waals surface area contributed by atoms with Crippen LogP contribution in [0.2, 0.25) is 0 Å². The molecule has 0 radical (unpaired) electrons. The fourth-order valence-corrected chi connectivity index (χ4v) is 7.42. The van der Waals surface area contributed by atoms with Crippen molar-refractivity contribution in [3.05, 3.63) is 71.8 Å². The van der Waals surface area contributed by atoms with Gasteiger partial charge in [0.15, 0.2) is 0 Å². The van der Waals surface area contributed by atoms with Crippen LogP contribution >= 0.6 is 0 Å². The van der Waals surface area contributed by atoms with Gasteiger partial charge in [-0.15, -0.1) is 0 Å². The predicted molar refractivity (Wildman–Crippen MR) is 157 cm³/mol. The number of rotatable bonds is 9. The van der Waals surface area contributed by atoms with E-state index in [1.165, 1.54) is 38.1 Å². The summed E-state index contributed by atoms with van der Waals surface area (Å²) >= 11 is 0. The number of carbonyl (C=O) groups excluding carboxylic acids is 3. The van der Waals surface area contributed by atoms with E-state index in [9.17, 15) is 27.6 Å². The van der Waals surface area contributed by atoms with Crippen LogP contribution in [0.15, 0.2) is 66.3 Å². The molecular weight excluding hydrogens is 593 g/mol. The largest absolute Gasteiger partial charge is 0.455 e. The summed E-state index contributed by atoms with van der Waals surface area (Å²) < 4.78 is 72.2. The van der Waals surface area contributed by atoms with E-state index in [-0.39, 0.29) is 12.3 Å². The molecule has 1 spiro atoms. The first-order valence-corrected chi connectivity index (χ1v) is 15.0. The molecule has 1 aromatic carbocycles. The Kier molecular flexibility index (Phi) is 9.76. The summed E-state index contributed by atoms with van der Waals surface area (Å²) in [5.74, 6) is -3.26. The molecule has 3 aliphatic rings. The maximum Gasteiger partial charge on any atom is 0.432 e. The van der Waals surface area contributed by atoms with Crippen LogP contribution in [0.25, 0.3) is 0 Å². The van der Waals surface area contributed by atoms with Gasteiger partial charge in [0.2, 0.25) is 12.6 Å². The number of carbonyl (C=O) groups is 3. The highest BCUT2D eigenvalue weighted by Crippen LogP contribution is 2.67. The maximum absolute atomic E-state index is 14.7.